The van der Waals surface area contributed by atoms with Gasteiger partial charge in [0.05, 0.1) is 0 Å². The summed E-state index contributed by atoms with van der Waals surface area (Å²) in [6, 6.07) is 0.957. The molecule has 2 nitrogen and oxygen atoms in total. The Hall–Kier alpha value is -0.0800. The maximum atomic E-state index is 5.91. The van der Waals surface area contributed by atoms with E-state index in [4.69, 9.17) is 5.73 Å². The number of rotatable bonds is 0. The topological polar surface area (TPSA) is 38.0 Å². The molecule has 1 aliphatic heterocycles. The van der Waals surface area contributed by atoms with E-state index in [-0.39, 0.29) is 0 Å². The van der Waals surface area contributed by atoms with E-state index in [1.165, 1.54) is 6.42 Å². The highest BCUT2D eigenvalue weighted by molar-refractivity contribution is 4.90. The van der Waals surface area contributed by atoms with Crippen molar-refractivity contribution in [3.05, 3.63) is 0 Å². The minimum atomic E-state index is 0.323. The summed E-state index contributed by atoms with van der Waals surface area (Å²) in [5.74, 6) is 0. The highest BCUT2D eigenvalue weighted by Gasteiger charge is 2.32. The van der Waals surface area contributed by atoms with Crippen LogP contribution in [0.2, 0.25) is 0 Å². The summed E-state index contributed by atoms with van der Waals surface area (Å²) in [6.07, 6.45) is 1.19. The van der Waals surface area contributed by atoms with Gasteiger partial charge in [0.1, 0.15) is 0 Å². The Morgan fingerprint density at radius 3 is 2.50 bits per heavy atom. The van der Waals surface area contributed by atoms with Gasteiger partial charge in [-0.25, -0.2) is 0 Å². The van der Waals surface area contributed by atoms with Gasteiger partial charge in [-0.15, -0.1) is 0 Å². The number of piperidine rings is 1. The van der Waals surface area contributed by atoms with Crippen LogP contribution < -0.4 is 11.1 Å². The Bertz CT molecular complexity index is 120. The van der Waals surface area contributed by atoms with Crippen LogP contribution in [0.5, 0.6) is 0 Å². The molecule has 0 saturated carbocycles. The standard InChI is InChI=1S/C8H18N2/c1-6-4-8(2,3)7(9)5-10-6/h6-7,10H,4-5,9H2,1-3H3/t6-,7-/m1/s1. The van der Waals surface area contributed by atoms with E-state index in [9.17, 15) is 0 Å². The first-order valence-electron chi connectivity index (χ1n) is 4.01. The van der Waals surface area contributed by atoms with E-state index in [1.54, 1.807) is 0 Å². The zero-order valence-corrected chi connectivity index (χ0v) is 7.15. The third-order valence-corrected chi connectivity index (χ3v) is 2.52. The second kappa shape index (κ2) is 2.51. The van der Waals surface area contributed by atoms with Gasteiger partial charge in [-0.2, -0.15) is 0 Å². The van der Waals surface area contributed by atoms with Gasteiger partial charge in [0.25, 0.3) is 0 Å². The van der Waals surface area contributed by atoms with Crippen molar-refractivity contribution < 1.29 is 0 Å². The van der Waals surface area contributed by atoms with Crippen molar-refractivity contribution >= 4 is 0 Å². The van der Waals surface area contributed by atoms with E-state index >= 15 is 0 Å². The fraction of sp³-hybridized carbons (Fsp3) is 1.00. The van der Waals surface area contributed by atoms with Gasteiger partial charge >= 0.3 is 0 Å². The van der Waals surface area contributed by atoms with Crippen molar-refractivity contribution in [1.29, 1.82) is 0 Å². The first-order valence-corrected chi connectivity index (χ1v) is 4.01. The molecule has 2 heteroatoms. The minimum Gasteiger partial charge on any atom is -0.326 e. The zero-order valence-electron chi connectivity index (χ0n) is 7.15. The molecule has 0 aliphatic carbocycles. The van der Waals surface area contributed by atoms with E-state index in [0.717, 1.165) is 6.54 Å². The first kappa shape index (κ1) is 8.02. The summed E-state index contributed by atoms with van der Waals surface area (Å²) in [4.78, 5) is 0. The second-order valence-corrected chi connectivity index (χ2v) is 4.11. The molecule has 1 fully saturated rings. The molecule has 1 saturated heterocycles. The van der Waals surface area contributed by atoms with E-state index in [2.05, 4.69) is 26.1 Å². The molecular weight excluding hydrogens is 124 g/mol. The molecule has 10 heavy (non-hydrogen) atoms. The fourth-order valence-corrected chi connectivity index (χ4v) is 1.62. The lowest BCUT2D eigenvalue weighted by Gasteiger charge is -2.39. The fourth-order valence-electron chi connectivity index (χ4n) is 1.62. The molecule has 0 radical (unpaired) electrons. The number of nitrogens with one attached hydrogen (secondary N) is 1. The summed E-state index contributed by atoms with van der Waals surface area (Å²) in [6.45, 7) is 7.67. The summed E-state index contributed by atoms with van der Waals surface area (Å²) < 4.78 is 0. The lowest BCUT2D eigenvalue weighted by molar-refractivity contribution is 0.182. The van der Waals surface area contributed by atoms with Gasteiger partial charge in [-0.3, -0.25) is 0 Å². The van der Waals surface area contributed by atoms with Crippen LogP contribution in [0.3, 0.4) is 0 Å². The maximum Gasteiger partial charge on any atom is 0.0217 e. The Balaban J connectivity index is 2.55. The molecule has 60 valence electrons. The third kappa shape index (κ3) is 1.50. The Morgan fingerprint density at radius 2 is 2.10 bits per heavy atom. The van der Waals surface area contributed by atoms with Crippen LogP contribution in [0.4, 0.5) is 0 Å². The van der Waals surface area contributed by atoms with Crippen LogP contribution >= 0.6 is 0 Å². The Morgan fingerprint density at radius 1 is 1.50 bits per heavy atom. The summed E-state index contributed by atoms with van der Waals surface area (Å²) in [7, 11) is 0. The highest BCUT2D eigenvalue weighted by atomic mass is 15.0. The molecule has 2 atom stereocenters. The van der Waals surface area contributed by atoms with Crippen molar-refractivity contribution in [1.82, 2.24) is 5.32 Å². The van der Waals surface area contributed by atoms with Gasteiger partial charge in [-0.05, 0) is 18.8 Å². The van der Waals surface area contributed by atoms with E-state index in [0.29, 0.717) is 17.5 Å². The second-order valence-electron chi connectivity index (χ2n) is 4.11. The van der Waals surface area contributed by atoms with Crippen molar-refractivity contribution in [2.24, 2.45) is 11.1 Å². The van der Waals surface area contributed by atoms with E-state index < -0.39 is 0 Å². The predicted molar refractivity (Wildman–Crippen MR) is 43.8 cm³/mol. The molecule has 0 aromatic heterocycles. The molecule has 1 heterocycles. The minimum absolute atomic E-state index is 0.323. The van der Waals surface area contributed by atoms with Gasteiger partial charge in [-0.1, -0.05) is 13.8 Å². The van der Waals surface area contributed by atoms with E-state index in [1.807, 2.05) is 0 Å². The normalized spacial score (nSPS) is 39.6. The smallest absolute Gasteiger partial charge is 0.0217 e. The quantitative estimate of drug-likeness (QED) is 0.523. The van der Waals surface area contributed by atoms with Gasteiger partial charge in [0.15, 0.2) is 0 Å². The molecule has 0 aromatic carbocycles. The van der Waals surface area contributed by atoms with Crippen molar-refractivity contribution in [3.63, 3.8) is 0 Å². The van der Waals surface area contributed by atoms with Gasteiger partial charge in [0, 0.05) is 18.6 Å². The molecule has 3 N–H and O–H groups in total. The molecule has 1 aliphatic rings. The average Bonchev–Trinajstić information content (AvgIpc) is 1.78. The van der Waals surface area contributed by atoms with Crippen LogP contribution in [-0.4, -0.2) is 18.6 Å². The number of hydrogen-bond acceptors (Lipinski definition) is 2. The van der Waals surface area contributed by atoms with Crippen LogP contribution in [0.15, 0.2) is 0 Å². The summed E-state index contributed by atoms with van der Waals surface area (Å²) >= 11 is 0. The Kier molecular flexibility index (Phi) is 2.02. The molecule has 0 unspecified atom stereocenters. The number of nitrogens with two attached hydrogens (primary N) is 1. The first-order chi connectivity index (χ1) is 4.52. The third-order valence-electron chi connectivity index (χ3n) is 2.52. The van der Waals surface area contributed by atoms with Crippen LogP contribution in [0, 0.1) is 5.41 Å². The predicted octanol–water partition coefficient (Wildman–Crippen LogP) is 0.722. The summed E-state index contributed by atoms with van der Waals surface area (Å²) in [5.41, 5.74) is 6.24. The monoisotopic (exact) mass is 142 g/mol. The molecule has 0 aromatic rings. The number of hydrogen-bond donors (Lipinski definition) is 2. The molecule has 0 amide bonds. The van der Waals surface area contributed by atoms with Gasteiger partial charge < -0.3 is 11.1 Å². The van der Waals surface area contributed by atoms with Crippen LogP contribution in [0.1, 0.15) is 27.2 Å². The molecular formula is C8H18N2. The SMILES string of the molecule is C[C@@H]1CC(C)(C)[C@H](N)CN1. The largest absolute Gasteiger partial charge is 0.326 e. The van der Waals surface area contributed by atoms with Crippen LogP contribution in [0.25, 0.3) is 0 Å². The lowest BCUT2D eigenvalue weighted by Crippen LogP contribution is -2.54. The summed E-state index contributed by atoms with van der Waals surface area (Å²) in [5, 5.41) is 3.36. The zero-order chi connectivity index (χ0) is 7.78. The molecule has 0 spiro atoms. The van der Waals surface area contributed by atoms with Crippen molar-refractivity contribution in [2.75, 3.05) is 6.54 Å². The van der Waals surface area contributed by atoms with Crippen LogP contribution in [-0.2, 0) is 0 Å². The lowest BCUT2D eigenvalue weighted by atomic mass is 9.77. The van der Waals surface area contributed by atoms with Crippen molar-refractivity contribution in [2.45, 2.75) is 39.3 Å². The average molecular weight is 142 g/mol. The van der Waals surface area contributed by atoms with Gasteiger partial charge in [0.2, 0.25) is 0 Å². The Labute approximate surface area is 63.2 Å². The molecule has 0 bridgehead atoms. The highest BCUT2D eigenvalue weighted by Crippen LogP contribution is 2.28. The molecule has 1 rings (SSSR count). The maximum absolute atomic E-state index is 5.91. The van der Waals surface area contributed by atoms with Crippen molar-refractivity contribution in [3.8, 4) is 0 Å².